The molecule has 0 saturated carbocycles. The van der Waals surface area contributed by atoms with Crippen LogP contribution in [0.4, 0.5) is 0 Å². The smallest absolute Gasteiger partial charge is 0.142 e. The second-order valence-electron chi connectivity index (χ2n) is 5.73. The molecule has 0 fully saturated rings. The number of Topliss-reactive ketones (excluding diaryl/α,β-unsaturated/α-hetero) is 1. The molecule has 0 amide bonds. The lowest BCUT2D eigenvalue weighted by molar-refractivity contribution is -0.125. The number of hydrogen-bond acceptors (Lipinski definition) is 1. The summed E-state index contributed by atoms with van der Waals surface area (Å²) in [5.74, 6) is 0.308. The molecular weight excluding hydrogens is 196 g/mol. The van der Waals surface area contributed by atoms with Crippen LogP contribution in [0, 0.1) is 26.2 Å². The summed E-state index contributed by atoms with van der Waals surface area (Å²) in [5, 5.41) is 0. The Hall–Kier alpha value is -1.11. The molecule has 88 valence electrons. The highest BCUT2D eigenvalue weighted by atomic mass is 16.1. The van der Waals surface area contributed by atoms with Gasteiger partial charge in [0.05, 0.1) is 0 Å². The number of rotatable bonds is 2. The van der Waals surface area contributed by atoms with Gasteiger partial charge in [-0.2, -0.15) is 0 Å². The van der Waals surface area contributed by atoms with Gasteiger partial charge in [-0.3, -0.25) is 4.79 Å². The summed E-state index contributed by atoms with van der Waals surface area (Å²) in [6.45, 7) is 12.2. The van der Waals surface area contributed by atoms with Crippen molar-refractivity contribution >= 4 is 5.78 Å². The Morgan fingerprint density at radius 2 is 1.50 bits per heavy atom. The van der Waals surface area contributed by atoms with Crippen LogP contribution in [0.15, 0.2) is 12.1 Å². The van der Waals surface area contributed by atoms with Gasteiger partial charge in [-0.25, -0.2) is 0 Å². The molecule has 1 aromatic rings. The Labute approximate surface area is 98.9 Å². The molecule has 16 heavy (non-hydrogen) atoms. The number of hydrogen-bond donors (Lipinski definition) is 0. The van der Waals surface area contributed by atoms with Crippen molar-refractivity contribution in [3.8, 4) is 0 Å². The van der Waals surface area contributed by atoms with Crippen molar-refractivity contribution in [2.45, 2.75) is 48.0 Å². The van der Waals surface area contributed by atoms with Crippen molar-refractivity contribution in [1.29, 1.82) is 0 Å². The molecule has 0 radical (unpaired) electrons. The fourth-order valence-electron chi connectivity index (χ4n) is 1.91. The van der Waals surface area contributed by atoms with Crippen LogP contribution < -0.4 is 0 Å². The van der Waals surface area contributed by atoms with E-state index in [0.29, 0.717) is 12.2 Å². The van der Waals surface area contributed by atoms with E-state index >= 15 is 0 Å². The van der Waals surface area contributed by atoms with Crippen LogP contribution in [-0.2, 0) is 11.2 Å². The monoisotopic (exact) mass is 218 g/mol. The molecule has 0 aliphatic carbocycles. The first kappa shape index (κ1) is 13.0. The zero-order chi connectivity index (χ0) is 12.5. The third kappa shape index (κ3) is 2.94. The highest BCUT2D eigenvalue weighted by molar-refractivity contribution is 5.86. The zero-order valence-electron chi connectivity index (χ0n) is 11.3. The summed E-state index contributed by atoms with van der Waals surface area (Å²) in [7, 11) is 0. The van der Waals surface area contributed by atoms with Crippen LogP contribution >= 0.6 is 0 Å². The van der Waals surface area contributed by atoms with Crippen LogP contribution in [0.5, 0.6) is 0 Å². The van der Waals surface area contributed by atoms with Gasteiger partial charge in [0.15, 0.2) is 0 Å². The number of carbonyl (C=O) groups excluding carboxylic acids is 1. The molecule has 0 saturated heterocycles. The highest BCUT2D eigenvalue weighted by Crippen LogP contribution is 2.22. The molecule has 0 aromatic heterocycles. The summed E-state index contributed by atoms with van der Waals surface area (Å²) < 4.78 is 0. The fraction of sp³-hybridized carbons (Fsp3) is 0.533. The van der Waals surface area contributed by atoms with E-state index in [0.717, 1.165) is 0 Å². The quantitative estimate of drug-likeness (QED) is 0.738. The van der Waals surface area contributed by atoms with Gasteiger partial charge in [0.25, 0.3) is 0 Å². The van der Waals surface area contributed by atoms with Gasteiger partial charge in [0, 0.05) is 11.8 Å². The van der Waals surface area contributed by atoms with E-state index in [9.17, 15) is 4.79 Å². The molecule has 0 unspecified atom stereocenters. The van der Waals surface area contributed by atoms with Crippen molar-refractivity contribution in [2.24, 2.45) is 5.41 Å². The minimum Gasteiger partial charge on any atom is -0.299 e. The van der Waals surface area contributed by atoms with E-state index in [1.807, 2.05) is 20.8 Å². The summed E-state index contributed by atoms with van der Waals surface area (Å²) >= 11 is 0. The largest absolute Gasteiger partial charge is 0.299 e. The van der Waals surface area contributed by atoms with Crippen molar-refractivity contribution in [3.05, 3.63) is 34.4 Å². The average molecular weight is 218 g/mol. The summed E-state index contributed by atoms with van der Waals surface area (Å²) in [6.07, 6.45) is 0.557. The molecule has 0 atom stereocenters. The first-order valence-electron chi connectivity index (χ1n) is 5.82. The van der Waals surface area contributed by atoms with Crippen LogP contribution in [0.25, 0.3) is 0 Å². The van der Waals surface area contributed by atoms with Crippen molar-refractivity contribution in [2.75, 3.05) is 0 Å². The molecule has 0 N–H and O–H groups in total. The van der Waals surface area contributed by atoms with Gasteiger partial charge < -0.3 is 0 Å². The Bertz CT molecular complexity index is 385. The molecule has 0 heterocycles. The second-order valence-corrected chi connectivity index (χ2v) is 5.73. The first-order valence-corrected chi connectivity index (χ1v) is 5.82. The van der Waals surface area contributed by atoms with Gasteiger partial charge in [0.2, 0.25) is 0 Å². The normalized spacial score (nSPS) is 11.6. The molecule has 1 aromatic carbocycles. The predicted octanol–water partition coefficient (Wildman–Crippen LogP) is 3.77. The third-order valence-electron chi connectivity index (χ3n) is 3.01. The zero-order valence-corrected chi connectivity index (χ0v) is 11.3. The minimum atomic E-state index is -0.246. The lowest BCUT2D eigenvalue weighted by Gasteiger charge is -2.18. The highest BCUT2D eigenvalue weighted by Gasteiger charge is 2.22. The summed E-state index contributed by atoms with van der Waals surface area (Å²) in [5.41, 5.74) is 4.68. The van der Waals surface area contributed by atoms with Gasteiger partial charge in [-0.15, -0.1) is 0 Å². The van der Waals surface area contributed by atoms with E-state index in [-0.39, 0.29) is 5.41 Å². The maximum absolute atomic E-state index is 12.0. The Morgan fingerprint density at radius 1 is 1.06 bits per heavy atom. The van der Waals surface area contributed by atoms with Crippen molar-refractivity contribution in [1.82, 2.24) is 0 Å². The Morgan fingerprint density at radius 3 is 1.88 bits per heavy atom. The summed E-state index contributed by atoms with van der Waals surface area (Å²) in [4.78, 5) is 12.0. The minimum absolute atomic E-state index is 0.246. The molecule has 0 bridgehead atoms. The van der Waals surface area contributed by atoms with Crippen LogP contribution in [0.2, 0.25) is 0 Å². The summed E-state index contributed by atoms with van der Waals surface area (Å²) in [6, 6.07) is 4.30. The second kappa shape index (κ2) is 4.40. The predicted molar refractivity (Wildman–Crippen MR) is 68.8 cm³/mol. The van der Waals surface area contributed by atoms with E-state index in [1.54, 1.807) is 0 Å². The van der Waals surface area contributed by atoms with E-state index in [4.69, 9.17) is 0 Å². The SMILES string of the molecule is Cc1cc(C)c(CC(=O)C(C)(C)C)c(C)c1. The lowest BCUT2D eigenvalue weighted by Crippen LogP contribution is -2.22. The van der Waals surface area contributed by atoms with Crippen molar-refractivity contribution < 1.29 is 4.79 Å². The van der Waals surface area contributed by atoms with Crippen LogP contribution in [0.1, 0.15) is 43.0 Å². The third-order valence-corrected chi connectivity index (χ3v) is 3.01. The van der Waals surface area contributed by atoms with Gasteiger partial charge in [-0.05, 0) is 37.5 Å². The molecule has 1 heteroatoms. The molecule has 0 aliphatic heterocycles. The van der Waals surface area contributed by atoms with Gasteiger partial charge in [-0.1, -0.05) is 38.5 Å². The van der Waals surface area contributed by atoms with Gasteiger partial charge >= 0.3 is 0 Å². The molecule has 1 rings (SSSR count). The molecule has 0 spiro atoms. The number of carbonyl (C=O) groups is 1. The van der Waals surface area contributed by atoms with E-state index in [1.165, 1.54) is 22.3 Å². The number of aryl methyl sites for hydroxylation is 3. The lowest BCUT2D eigenvalue weighted by atomic mass is 9.85. The standard InChI is InChI=1S/C15H22O/c1-10-7-11(2)13(12(3)8-10)9-14(16)15(4,5)6/h7-8H,9H2,1-6H3. The first-order chi connectivity index (χ1) is 7.21. The van der Waals surface area contributed by atoms with Crippen molar-refractivity contribution in [3.63, 3.8) is 0 Å². The van der Waals surface area contributed by atoms with Crippen LogP contribution in [0.3, 0.4) is 0 Å². The molecular formula is C15H22O. The number of benzene rings is 1. The Balaban J connectivity index is 3.03. The number of ketones is 1. The molecule has 0 aliphatic rings. The van der Waals surface area contributed by atoms with E-state index in [2.05, 4.69) is 32.9 Å². The maximum Gasteiger partial charge on any atom is 0.142 e. The van der Waals surface area contributed by atoms with Crippen LogP contribution in [-0.4, -0.2) is 5.78 Å². The maximum atomic E-state index is 12.0. The average Bonchev–Trinajstić information content (AvgIpc) is 2.08. The topological polar surface area (TPSA) is 17.1 Å². The Kier molecular flexibility index (Phi) is 3.57. The fourth-order valence-corrected chi connectivity index (χ4v) is 1.91. The van der Waals surface area contributed by atoms with E-state index < -0.39 is 0 Å². The van der Waals surface area contributed by atoms with Gasteiger partial charge in [0.1, 0.15) is 5.78 Å². The molecule has 1 nitrogen and oxygen atoms in total.